The highest BCUT2D eigenvalue weighted by molar-refractivity contribution is 6.28. The lowest BCUT2D eigenvalue weighted by molar-refractivity contribution is 0.379. The lowest BCUT2D eigenvalue weighted by Gasteiger charge is -2.08. The van der Waals surface area contributed by atoms with E-state index in [1.165, 1.54) is 18.2 Å². The van der Waals surface area contributed by atoms with E-state index < -0.39 is 0 Å². The summed E-state index contributed by atoms with van der Waals surface area (Å²) in [5, 5.41) is 3.15. The number of hydrogen-bond acceptors (Lipinski definition) is 5. The van der Waals surface area contributed by atoms with Crippen LogP contribution < -0.4 is 10.1 Å². The van der Waals surface area contributed by atoms with Crippen molar-refractivity contribution in [3.63, 3.8) is 0 Å². The number of hydrogen-bond donors (Lipinski definition) is 1. The molecule has 0 fully saturated rings. The molecule has 0 aliphatic heterocycles. The molecule has 0 unspecified atom stereocenters. The quantitative estimate of drug-likeness (QED) is 0.924. The molecule has 0 saturated carbocycles. The van der Waals surface area contributed by atoms with Crippen molar-refractivity contribution < 1.29 is 4.74 Å². The van der Waals surface area contributed by atoms with E-state index in [9.17, 15) is 0 Å². The van der Waals surface area contributed by atoms with Gasteiger partial charge in [0.15, 0.2) is 0 Å². The Balaban J connectivity index is 2.27. The van der Waals surface area contributed by atoms with Gasteiger partial charge in [0.1, 0.15) is 0 Å². The number of ether oxygens (including phenoxy) is 1. The Morgan fingerprint density at radius 1 is 1.11 bits per heavy atom. The van der Waals surface area contributed by atoms with Crippen LogP contribution in [0.25, 0.3) is 0 Å². The Hall–Kier alpha value is -1.88. The number of nitrogens with one attached hydrogen (secondary N) is 1. The summed E-state index contributed by atoms with van der Waals surface area (Å²) in [4.78, 5) is 11.8. The fourth-order valence-corrected chi connectivity index (χ4v) is 1.58. The van der Waals surface area contributed by atoms with E-state index in [4.69, 9.17) is 16.3 Å². The fourth-order valence-electron chi connectivity index (χ4n) is 1.43. The fraction of sp³-hybridized carbons (Fsp3) is 0.250. The molecule has 2 aromatic rings. The van der Waals surface area contributed by atoms with Crippen LogP contribution in [-0.4, -0.2) is 22.1 Å². The van der Waals surface area contributed by atoms with Crippen LogP contribution in [0.4, 0.5) is 11.6 Å². The maximum absolute atomic E-state index is 5.77. The van der Waals surface area contributed by atoms with Gasteiger partial charge in [-0.25, -0.2) is 0 Å². The van der Waals surface area contributed by atoms with Gasteiger partial charge in [0, 0.05) is 5.69 Å². The molecule has 0 aliphatic carbocycles. The molecule has 5 nitrogen and oxygen atoms in total. The highest BCUT2D eigenvalue weighted by Crippen LogP contribution is 2.19. The minimum absolute atomic E-state index is 0.0909. The highest BCUT2D eigenvalue weighted by Gasteiger charge is 2.05. The molecule has 0 saturated heterocycles. The van der Waals surface area contributed by atoms with Crippen molar-refractivity contribution in [2.75, 3.05) is 12.4 Å². The zero-order chi connectivity index (χ0) is 13.1. The summed E-state index contributed by atoms with van der Waals surface area (Å²) in [7, 11) is 1.48. The van der Waals surface area contributed by atoms with Gasteiger partial charge in [0.05, 0.1) is 7.11 Å². The van der Waals surface area contributed by atoms with Crippen molar-refractivity contribution in [3.05, 3.63) is 34.6 Å². The molecular weight excluding hydrogens is 252 g/mol. The van der Waals surface area contributed by atoms with Crippen LogP contribution in [0.1, 0.15) is 11.1 Å². The second-order valence-electron chi connectivity index (χ2n) is 3.84. The number of aromatic nitrogens is 3. The standard InChI is InChI=1S/C12H13ClN4O/c1-7-4-5-9(6-8(7)2)14-11-15-10(13)16-12(17-11)18-3/h4-6H,1-3H3,(H,14,15,16,17). The summed E-state index contributed by atoms with van der Waals surface area (Å²) in [6, 6.07) is 6.17. The third kappa shape index (κ3) is 2.87. The molecule has 1 heterocycles. The topological polar surface area (TPSA) is 59.9 Å². The van der Waals surface area contributed by atoms with Crippen LogP contribution >= 0.6 is 11.6 Å². The molecule has 0 atom stereocenters. The summed E-state index contributed by atoms with van der Waals surface area (Å²) in [6.07, 6.45) is 0. The van der Waals surface area contributed by atoms with Gasteiger partial charge in [-0.2, -0.15) is 15.0 Å². The van der Waals surface area contributed by atoms with Crippen LogP contribution in [-0.2, 0) is 0 Å². The maximum atomic E-state index is 5.77. The van der Waals surface area contributed by atoms with Crippen LogP contribution in [0.3, 0.4) is 0 Å². The number of nitrogens with zero attached hydrogens (tertiary/aromatic N) is 3. The van der Waals surface area contributed by atoms with Gasteiger partial charge < -0.3 is 10.1 Å². The number of rotatable bonds is 3. The lowest BCUT2D eigenvalue weighted by atomic mass is 10.1. The molecule has 0 bridgehead atoms. The molecule has 0 aliphatic rings. The molecule has 0 amide bonds. The van der Waals surface area contributed by atoms with Gasteiger partial charge in [-0.15, -0.1) is 0 Å². The second kappa shape index (κ2) is 5.18. The minimum Gasteiger partial charge on any atom is -0.467 e. The van der Waals surface area contributed by atoms with Gasteiger partial charge >= 0.3 is 6.01 Å². The van der Waals surface area contributed by atoms with Crippen molar-refractivity contribution in [2.45, 2.75) is 13.8 Å². The predicted octanol–water partition coefficient (Wildman–Crippen LogP) is 2.89. The number of methoxy groups -OCH3 is 1. The van der Waals surface area contributed by atoms with E-state index in [1.807, 2.05) is 25.1 Å². The molecule has 0 spiro atoms. The predicted molar refractivity (Wildman–Crippen MR) is 70.6 cm³/mol. The molecule has 0 radical (unpaired) electrons. The van der Waals surface area contributed by atoms with E-state index in [2.05, 4.69) is 27.2 Å². The minimum atomic E-state index is 0.0909. The Labute approximate surface area is 110 Å². The van der Waals surface area contributed by atoms with Crippen LogP contribution in [0.2, 0.25) is 5.28 Å². The lowest BCUT2D eigenvalue weighted by Crippen LogP contribution is -2.02. The van der Waals surface area contributed by atoms with Crippen LogP contribution in [0.5, 0.6) is 6.01 Å². The summed E-state index contributed by atoms with van der Waals surface area (Å²) in [6.45, 7) is 4.10. The SMILES string of the molecule is COc1nc(Cl)nc(Nc2ccc(C)c(C)c2)n1. The highest BCUT2D eigenvalue weighted by atomic mass is 35.5. The number of aryl methyl sites for hydroxylation is 2. The van der Waals surface area contributed by atoms with Gasteiger partial charge in [0.25, 0.3) is 0 Å². The zero-order valence-electron chi connectivity index (χ0n) is 10.4. The smallest absolute Gasteiger partial charge is 0.322 e. The maximum Gasteiger partial charge on any atom is 0.322 e. The van der Waals surface area contributed by atoms with Crippen molar-refractivity contribution in [3.8, 4) is 6.01 Å². The third-order valence-corrected chi connectivity index (χ3v) is 2.70. The van der Waals surface area contributed by atoms with Crippen molar-refractivity contribution in [1.82, 2.24) is 15.0 Å². The van der Waals surface area contributed by atoms with Crippen molar-refractivity contribution >= 4 is 23.2 Å². The summed E-state index contributed by atoms with van der Waals surface area (Å²) >= 11 is 5.77. The molecule has 94 valence electrons. The number of benzene rings is 1. The summed E-state index contributed by atoms with van der Waals surface area (Å²) in [5.41, 5.74) is 3.31. The Bertz CT molecular complexity index is 574. The number of halogens is 1. The van der Waals surface area contributed by atoms with Gasteiger partial charge in [-0.3, -0.25) is 0 Å². The normalized spacial score (nSPS) is 10.2. The Morgan fingerprint density at radius 3 is 2.56 bits per heavy atom. The van der Waals surface area contributed by atoms with E-state index >= 15 is 0 Å². The van der Waals surface area contributed by atoms with Gasteiger partial charge in [-0.05, 0) is 48.7 Å². The largest absolute Gasteiger partial charge is 0.467 e. The molecule has 1 N–H and O–H groups in total. The van der Waals surface area contributed by atoms with Crippen LogP contribution in [0.15, 0.2) is 18.2 Å². The van der Waals surface area contributed by atoms with Crippen LogP contribution in [0, 0.1) is 13.8 Å². The molecular formula is C12H13ClN4O. The van der Waals surface area contributed by atoms with E-state index in [1.54, 1.807) is 0 Å². The summed E-state index contributed by atoms with van der Waals surface area (Å²) in [5.74, 6) is 0.357. The molecule has 6 heteroatoms. The zero-order valence-corrected chi connectivity index (χ0v) is 11.1. The molecule has 1 aromatic carbocycles. The van der Waals surface area contributed by atoms with Gasteiger partial charge in [-0.1, -0.05) is 6.07 Å². The van der Waals surface area contributed by atoms with E-state index in [-0.39, 0.29) is 11.3 Å². The Morgan fingerprint density at radius 2 is 1.89 bits per heavy atom. The van der Waals surface area contributed by atoms with E-state index in [0.717, 1.165) is 5.69 Å². The monoisotopic (exact) mass is 264 g/mol. The molecule has 2 rings (SSSR count). The first kappa shape index (κ1) is 12.6. The van der Waals surface area contributed by atoms with Crippen molar-refractivity contribution in [1.29, 1.82) is 0 Å². The third-order valence-electron chi connectivity index (χ3n) is 2.53. The second-order valence-corrected chi connectivity index (χ2v) is 4.18. The molecule has 1 aromatic heterocycles. The Kier molecular flexibility index (Phi) is 3.62. The molecule has 18 heavy (non-hydrogen) atoms. The first-order valence-electron chi connectivity index (χ1n) is 5.38. The first-order valence-corrected chi connectivity index (χ1v) is 5.76. The van der Waals surface area contributed by atoms with Crippen molar-refractivity contribution in [2.24, 2.45) is 0 Å². The average molecular weight is 265 g/mol. The van der Waals surface area contributed by atoms with E-state index in [0.29, 0.717) is 5.95 Å². The van der Waals surface area contributed by atoms with Gasteiger partial charge in [0.2, 0.25) is 11.2 Å². The first-order chi connectivity index (χ1) is 8.58. The number of anilines is 2. The average Bonchev–Trinajstić information content (AvgIpc) is 2.33. The summed E-state index contributed by atoms with van der Waals surface area (Å²) < 4.78 is 4.93.